The van der Waals surface area contributed by atoms with Crippen LogP contribution in [0.4, 0.5) is 0 Å². The van der Waals surface area contributed by atoms with E-state index in [1.807, 2.05) is 23.5 Å². The highest BCUT2D eigenvalue weighted by Crippen LogP contribution is 2.89. The van der Waals surface area contributed by atoms with Crippen molar-refractivity contribution in [2.45, 2.75) is 88.1 Å². The molecule has 0 aromatic carbocycles. The van der Waals surface area contributed by atoms with Gasteiger partial charge in [-0.3, -0.25) is 9.98 Å². The van der Waals surface area contributed by atoms with Gasteiger partial charge < -0.3 is 10.6 Å². The zero-order valence-electron chi connectivity index (χ0n) is 20.6. The predicted octanol–water partition coefficient (Wildman–Crippen LogP) is 5.54. The quantitative estimate of drug-likeness (QED) is 0.269. The average molecular weight is 487 g/mol. The Morgan fingerprint density at radius 3 is 2.15 bits per heavy atom. The maximum Gasteiger partial charge on any atom is 0.156 e. The Balaban J connectivity index is 0.842. The van der Waals surface area contributed by atoms with Crippen LogP contribution in [0.5, 0.6) is 0 Å². The zero-order valence-corrected chi connectivity index (χ0v) is 22.2. The summed E-state index contributed by atoms with van der Waals surface area (Å²) in [5.74, 6) is 6.03. The van der Waals surface area contributed by atoms with E-state index in [2.05, 4.69) is 23.1 Å². The maximum atomic E-state index is 5.36. The van der Waals surface area contributed by atoms with Crippen LogP contribution in [0.1, 0.15) is 77.0 Å². The number of unbranched alkanes of at least 4 members (excludes halogenated alkanes) is 2. The smallest absolute Gasteiger partial charge is 0.156 e. The minimum atomic E-state index is 0.313. The van der Waals surface area contributed by atoms with E-state index in [4.69, 9.17) is 9.98 Å². The lowest BCUT2D eigenvalue weighted by Crippen LogP contribution is -2.92. The van der Waals surface area contributed by atoms with E-state index in [0.29, 0.717) is 11.1 Å². The summed E-state index contributed by atoms with van der Waals surface area (Å²) in [6, 6.07) is 0. The van der Waals surface area contributed by atoms with Crippen molar-refractivity contribution in [1.29, 1.82) is 0 Å². The fourth-order valence-electron chi connectivity index (χ4n) is 10.6. The average Bonchev–Trinajstić information content (AvgIpc) is 3.14. The summed E-state index contributed by atoms with van der Waals surface area (Å²) in [7, 11) is 0. The molecule has 0 aliphatic heterocycles. The Hall–Kier alpha value is -0.360. The summed E-state index contributed by atoms with van der Waals surface area (Å²) in [6.45, 7) is 2.03. The van der Waals surface area contributed by atoms with Crippen molar-refractivity contribution >= 4 is 33.9 Å². The zero-order chi connectivity index (χ0) is 22.3. The van der Waals surface area contributed by atoms with Gasteiger partial charge in [-0.1, -0.05) is 23.5 Å². The van der Waals surface area contributed by atoms with Crippen LogP contribution in [0.15, 0.2) is 9.98 Å². The van der Waals surface area contributed by atoms with Crippen LogP contribution in [-0.2, 0) is 0 Å². The lowest BCUT2D eigenvalue weighted by Gasteiger charge is -2.91. The van der Waals surface area contributed by atoms with Gasteiger partial charge in [0.05, 0.1) is 5.54 Å². The monoisotopic (exact) mass is 486 g/mol. The molecule has 1 spiro atoms. The van der Waals surface area contributed by atoms with Crippen LogP contribution >= 0.6 is 23.5 Å². The third-order valence-electron chi connectivity index (χ3n) is 11.6. The lowest BCUT2D eigenvalue weighted by atomic mass is 9.15. The molecule has 8 aliphatic rings. The fraction of sp³-hybridized carbons (Fsp3) is 0.926. The van der Waals surface area contributed by atoms with Crippen molar-refractivity contribution in [2.24, 2.45) is 50.9 Å². The highest BCUT2D eigenvalue weighted by Gasteiger charge is 2.88. The third-order valence-corrected chi connectivity index (χ3v) is 12.8. The molecule has 4 nitrogen and oxygen atoms in total. The van der Waals surface area contributed by atoms with Gasteiger partial charge in [0, 0.05) is 24.0 Å². The van der Waals surface area contributed by atoms with Crippen molar-refractivity contribution in [1.82, 2.24) is 10.6 Å². The van der Waals surface area contributed by atoms with E-state index < -0.39 is 0 Å². The topological polar surface area (TPSA) is 48.8 Å². The normalized spacial score (nSPS) is 50.0. The highest BCUT2D eigenvalue weighted by atomic mass is 32.2. The molecule has 6 heteroatoms. The number of hydrogen-bond donors (Lipinski definition) is 2. The van der Waals surface area contributed by atoms with Gasteiger partial charge in [-0.2, -0.15) is 0 Å². The van der Waals surface area contributed by atoms with E-state index in [9.17, 15) is 0 Å². The first-order valence-corrected chi connectivity index (χ1v) is 16.3. The van der Waals surface area contributed by atoms with Gasteiger partial charge in [-0.15, -0.1) is 0 Å². The minimum absolute atomic E-state index is 0.313. The molecule has 8 aliphatic carbocycles. The van der Waals surface area contributed by atoms with Gasteiger partial charge in [0.15, 0.2) is 10.3 Å². The number of hydrogen-bond acceptors (Lipinski definition) is 4. The van der Waals surface area contributed by atoms with Crippen molar-refractivity contribution in [3.63, 3.8) is 0 Å². The molecule has 0 radical (unpaired) electrons. The van der Waals surface area contributed by atoms with Gasteiger partial charge >= 0.3 is 0 Å². The first kappa shape index (κ1) is 21.9. The van der Waals surface area contributed by atoms with Crippen LogP contribution in [-0.4, -0.2) is 47.0 Å². The molecule has 0 saturated heterocycles. The second-order valence-electron chi connectivity index (χ2n) is 12.8. The van der Waals surface area contributed by atoms with Gasteiger partial charge in [0.1, 0.15) is 0 Å². The molecular weight excluding hydrogens is 444 g/mol. The number of amidine groups is 2. The third kappa shape index (κ3) is 2.98. The molecule has 0 aromatic heterocycles. The molecule has 8 rings (SSSR count). The van der Waals surface area contributed by atoms with Crippen molar-refractivity contribution in [3.8, 4) is 0 Å². The first-order chi connectivity index (χ1) is 16.1. The number of thioether (sulfide) groups is 2. The van der Waals surface area contributed by atoms with Gasteiger partial charge in [-0.25, -0.2) is 0 Å². The SMILES string of the molecule is CSC(=NC12CC3CC(CC1C3)C2)NCCCCCN=C(NC12CC3CC4CC(C1)C432)SC. The Bertz CT molecular complexity index is 829. The maximum absolute atomic E-state index is 5.36. The van der Waals surface area contributed by atoms with Crippen molar-refractivity contribution < 1.29 is 0 Å². The van der Waals surface area contributed by atoms with E-state index in [-0.39, 0.29) is 0 Å². The summed E-state index contributed by atoms with van der Waals surface area (Å²) in [6.07, 6.45) is 21.1. The van der Waals surface area contributed by atoms with Crippen LogP contribution in [0.25, 0.3) is 0 Å². The van der Waals surface area contributed by atoms with E-state index in [1.54, 1.807) is 0 Å². The van der Waals surface area contributed by atoms with E-state index >= 15 is 0 Å². The van der Waals surface area contributed by atoms with Gasteiger partial charge in [0.2, 0.25) is 0 Å². The standard InChI is InChI=1S/C27H42N4S2/c1-32-23(30-25-13-17-8-18(14-25)10-19(25)9-17)28-6-4-3-5-7-29-24(33-2)31-26-15-21-11-20-12-22(16-26)27(20,21)26/h17-22H,3-16H2,1-2H3,(H,28,30)(H,29,31). The molecule has 0 aromatic rings. The minimum Gasteiger partial charge on any atom is -0.365 e. The molecule has 4 bridgehead atoms. The summed E-state index contributed by atoms with van der Waals surface area (Å²) < 4.78 is 0. The Morgan fingerprint density at radius 1 is 0.788 bits per heavy atom. The molecule has 0 heterocycles. The van der Waals surface area contributed by atoms with Gasteiger partial charge in [-0.05, 0) is 125 Å². The van der Waals surface area contributed by atoms with E-state index in [1.165, 1.54) is 87.4 Å². The van der Waals surface area contributed by atoms with Crippen molar-refractivity contribution in [2.75, 3.05) is 25.6 Å². The highest BCUT2D eigenvalue weighted by molar-refractivity contribution is 8.13. The molecule has 8 saturated carbocycles. The first-order valence-electron chi connectivity index (χ1n) is 13.8. The van der Waals surface area contributed by atoms with Crippen LogP contribution in [0.3, 0.4) is 0 Å². The number of nitrogens with one attached hydrogen (secondary N) is 2. The Labute approximate surface area is 208 Å². The molecule has 33 heavy (non-hydrogen) atoms. The predicted molar refractivity (Wildman–Crippen MR) is 142 cm³/mol. The number of nitrogens with zero attached hydrogens (tertiary/aromatic N) is 2. The summed E-state index contributed by atoms with van der Waals surface area (Å²) in [5, 5.41) is 10.1. The molecule has 0 amide bonds. The lowest BCUT2D eigenvalue weighted by molar-refractivity contribution is -0.393. The van der Waals surface area contributed by atoms with E-state index in [0.717, 1.165) is 54.0 Å². The summed E-state index contributed by atoms with van der Waals surface area (Å²) in [5.41, 5.74) is 1.51. The van der Waals surface area contributed by atoms with Crippen LogP contribution < -0.4 is 10.6 Å². The molecular formula is C27H42N4S2. The molecule has 4 atom stereocenters. The molecule has 182 valence electrons. The largest absolute Gasteiger partial charge is 0.365 e. The Morgan fingerprint density at radius 2 is 1.52 bits per heavy atom. The second kappa shape index (κ2) is 7.82. The molecule has 4 unspecified atom stereocenters. The Kier molecular flexibility index (Phi) is 5.18. The fourth-order valence-corrected chi connectivity index (χ4v) is 11.6. The molecule has 2 N–H and O–H groups in total. The van der Waals surface area contributed by atoms with Crippen LogP contribution in [0.2, 0.25) is 0 Å². The van der Waals surface area contributed by atoms with Gasteiger partial charge in [0.25, 0.3) is 0 Å². The summed E-state index contributed by atoms with van der Waals surface area (Å²) in [4.78, 5) is 10.3. The van der Waals surface area contributed by atoms with Crippen LogP contribution in [0, 0.1) is 40.9 Å². The number of rotatable bonds is 8. The van der Waals surface area contributed by atoms with Crippen molar-refractivity contribution in [3.05, 3.63) is 0 Å². The number of aliphatic imine (C=N–C) groups is 2. The summed E-state index contributed by atoms with van der Waals surface area (Å²) >= 11 is 3.65. The molecule has 8 fully saturated rings. The second-order valence-corrected chi connectivity index (χ2v) is 14.3.